The number of carbonyl (C=O) groups is 1. The molecule has 1 heterocycles. The van der Waals surface area contributed by atoms with Crippen molar-refractivity contribution in [3.05, 3.63) is 0 Å². The lowest BCUT2D eigenvalue weighted by Crippen LogP contribution is -2.38. The molecule has 2 atom stereocenters. The smallest absolute Gasteiger partial charge is 0.323 e. The molecule has 0 aliphatic carbocycles. The highest BCUT2D eigenvalue weighted by molar-refractivity contribution is 5.76. The predicted octanol–water partition coefficient (Wildman–Crippen LogP) is 2.04. The lowest BCUT2D eigenvalue weighted by molar-refractivity contribution is -0.149. The van der Waals surface area contributed by atoms with E-state index >= 15 is 0 Å². The standard InChI is InChI=1S/C12H24N2O2.C2H6/c1-9(2)16-12(15)11-6-5-10(13-11)7-8-14(3)4;1-2/h9-11,13H,5-8H2,1-4H3;1-2H3. The zero-order valence-corrected chi connectivity index (χ0v) is 12.8. The van der Waals surface area contributed by atoms with Crippen LogP contribution in [0.1, 0.15) is 47.0 Å². The molecule has 4 nitrogen and oxygen atoms in total. The van der Waals surface area contributed by atoms with E-state index in [0.717, 1.165) is 25.8 Å². The third-order valence-electron chi connectivity index (χ3n) is 2.80. The zero-order chi connectivity index (χ0) is 14.1. The lowest BCUT2D eigenvalue weighted by Gasteiger charge is -2.17. The van der Waals surface area contributed by atoms with Crippen LogP contribution in [-0.4, -0.2) is 49.7 Å². The molecule has 1 fully saturated rings. The van der Waals surface area contributed by atoms with Crippen LogP contribution in [0.15, 0.2) is 0 Å². The van der Waals surface area contributed by atoms with Gasteiger partial charge in [0.25, 0.3) is 0 Å². The molecule has 0 spiro atoms. The highest BCUT2D eigenvalue weighted by Gasteiger charge is 2.30. The SMILES string of the molecule is CC.CC(C)OC(=O)C1CCC(CCN(C)C)N1. The monoisotopic (exact) mass is 258 g/mol. The minimum atomic E-state index is -0.0950. The predicted molar refractivity (Wildman–Crippen MR) is 75.7 cm³/mol. The summed E-state index contributed by atoms with van der Waals surface area (Å²) in [6.07, 6.45) is 3.06. The van der Waals surface area contributed by atoms with E-state index in [0.29, 0.717) is 6.04 Å². The van der Waals surface area contributed by atoms with Gasteiger partial charge in [0.2, 0.25) is 0 Å². The van der Waals surface area contributed by atoms with Crippen LogP contribution in [0.2, 0.25) is 0 Å². The largest absolute Gasteiger partial charge is 0.462 e. The van der Waals surface area contributed by atoms with Crippen molar-refractivity contribution in [2.24, 2.45) is 0 Å². The van der Waals surface area contributed by atoms with Gasteiger partial charge in [-0.15, -0.1) is 0 Å². The molecule has 18 heavy (non-hydrogen) atoms. The molecule has 1 saturated heterocycles. The van der Waals surface area contributed by atoms with Crippen molar-refractivity contribution < 1.29 is 9.53 Å². The van der Waals surface area contributed by atoms with Gasteiger partial charge >= 0.3 is 5.97 Å². The molecule has 1 N–H and O–H groups in total. The van der Waals surface area contributed by atoms with Crippen LogP contribution >= 0.6 is 0 Å². The topological polar surface area (TPSA) is 41.6 Å². The van der Waals surface area contributed by atoms with Gasteiger partial charge < -0.3 is 15.0 Å². The van der Waals surface area contributed by atoms with Crippen LogP contribution in [0.3, 0.4) is 0 Å². The molecule has 108 valence electrons. The van der Waals surface area contributed by atoms with Crippen LogP contribution in [-0.2, 0) is 9.53 Å². The average Bonchev–Trinajstić information content (AvgIpc) is 2.77. The second kappa shape index (κ2) is 9.34. The Hall–Kier alpha value is -0.610. The molecule has 0 aromatic heterocycles. The highest BCUT2D eigenvalue weighted by Crippen LogP contribution is 2.16. The highest BCUT2D eigenvalue weighted by atomic mass is 16.5. The molecule has 4 heteroatoms. The molecule has 1 rings (SSSR count). The van der Waals surface area contributed by atoms with Crippen LogP contribution in [0, 0.1) is 0 Å². The third-order valence-corrected chi connectivity index (χ3v) is 2.80. The maximum atomic E-state index is 11.6. The van der Waals surface area contributed by atoms with E-state index in [1.54, 1.807) is 0 Å². The number of hydrogen-bond acceptors (Lipinski definition) is 4. The van der Waals surface area contributed by atoms with E-state index in [4.69, 9.17) is 4.74 Å². The van der Waals surface area contributed by atoms with Crippen molar-refractivity contribution in [3.63, 3.8) is 0 Å². The van der Waals surface area contributed by atoms with Gasteiger partial charge in [0.1, 0.15) is 6.04 Å². The van der Waals surface area contributed by atoms with Crippen molar-refractivity contribution in [2.75, 3.05) is 20.6 Å². The molecule has 1 aliphatic rings. The summed E-state index contributed by atoms with van der Waals surface area (Å²) in [6.45, 7) is 8.83. The van der Waals surface area contributed by atoms with Crippen molar-refractivity contribution in [1.82, 2.24) is 10.2 Å². The summed E-state index contributed by atoms with van der Waals surface area (Å²) in [5.41, 5.74) is 0. The van der Waals surface area contributed by atoms with Gasteiger partial charge in [0.05, 0.1) is 6.10 Å². The van der Waals surface area contributed by atoms with Gasteiger partial charge in [-0.3, -0.25) is 4.79 Å². The summed E-state index contributed by atoms with van der Waals surface area (Å²) in [6, 6.07) is 0.377. The molecular weight excluding hydrogens is 228 g/mol. The fraction of sp³-hybridized carbons (Fsp3) is 0.929. The number of hydrogen-bond donors (Lipinski definition) is 1. The maximum Gasteiger partial charge on any atom is 0.323 e. The molecule has 0 amide bonds. The fourth-order valence-electron chi connectivity index (χ4n) is 1.96. The van der Waals surface area contributed by atoms with Gasteiger partial charge in [-0.1, -0.05) is 13.8 Å². The van der Waals surface area contributed by atoms with Crippen LogP contribution < -0.4 is 5.32 Å². The molecular formula is C14H30N2O2. The second-order valence-corrected chi connectivity index (χ2v) is 5.07. The minimum Gasteiger partial charge on any atom is -0.462 e. The quantitative estimate of drug-likeness (QED) is 0.766. The second-order valence-electron chi connectivity index (χ2n) is 5.07. The summed E-state index contributed by atoms with van der Waals surface area (Å²) in [5, 5.41) is 3.35. The Morgan fingerprint density at radius 1 is 1.33 bits per heavy atom. The zero-order valence-electron chi connectivity index (χ0n) is 12.8. The summed E-state index contributed by atoms with van der Waals surface area (Å²) in [5.74, 6) is -0.0950. The number of rotatable bonds is 5. The lowest BCUT2D eigenvalue weighted by atomic mass is 10.1. The molecule has 2 unspecified atom stereocenters. The molecule has 0 saturated carbocycles. The van der Waals surface area contributed by atoms with E-state index in [9.17, 15) is 4.79 Å². The molecule has 1 aliphatic heterocycles. The first kappa shape index (κ1) is 17.4. The van der Waals surface area contributed by atoms with Crippen molar-refractivity contribution in [3.8, 4) is 0 Å². The Morgan fingerprint density at radius 3 is 2.44 bits per heavy atom. The number of esters is 1. The molecule has 0 bridgehead atoms. The number of carbonyl (C=O) groups excluding carboxylic acids is 1. The first-order chi connectivity index (χ1) is 8.49. The Bertz CT molecular complexity index is 230. The van der Waals surface area contributed by atoms with Gasteiger partial charge in [-0.05, 0) is 53.8 Å². The summed E-state index contributed by atoms with van der Waals surface area (Å²) in [4.78, 5) is 13.8. The molecule has 0 aromatic carbocycles. The van der Waals surface area contributed by atoms with Crippen LogP contribution in [0.4, 0.5) is 0 Å². The summed E-state index contributed by atoms with van der Waals surface area (Å²) >= 11 is 0. The minimum absolute atomic E-state index is 0.0184. The van der Waals surface area contributed by atoms with Crippen LogP contribution in [0.5, 0.6) is 0 Å². The van der Waals surface area contributed by atoms with Crippen molar-refractivity contribution in [2.45, 2.75) is 65.1 Å². The maximum absolute atomic E-state index is 11.6. The summed E-state index contributed by atoms with van der Waals surface area (Å²) < 4.78 is 5.20. The van der Waals surface area contributed by atoms with Crippen molar-refractivity contribution in [1.29, 1.82) is 0 Å². The molecule has 0 radical (unpaired) electrons. The first-order valence-corrected chi connectivity index (χ1v) is 7.10. The number of nitrogens with zero attached hydrogens (tertiary/aromatic N) is 1. The number of ether oxygens (including phenoxy) is 1. The third kappa shape index (κ3) is 6.97. The van der Waals surface area contributed by atoms with Gasteiger partial charge in [-0.25, -0.2) is 0 Å². The van der Waals surface area contributed by atoms with Gasteiger partial charge in [0, 0.05) is 6.04 Å². The van der Waals surface area contributed by atoms with Gasteiger partial charge in [-0.2, -0.15) is 0 Å². The fourth-order valence-corrected chi connectivity index (χ4v) is 1.96. The van der Waals surface area contributed by atoms with Crippen LogP contribution in [0.25, 0.3) is 0 Å². The average molecular weight is 258 g/mol. The Labute approximate surface area is 112 Å². The van der Waals surface area contributed by atoms with E-state index in [1.807, 2.05) is 27.7 Å². The normalized spacial score (nSPS) is 22.9. The molecule has 0 aromatic rings. The summed E-state index contributed by atoms with van der Waals surface area (Å²) in [7, 11) is 4.14. The van der Waals surface area contributed by atoms with E-state index in [2.05, 4.69) is 24.3 Å². The van der Waals surface area contributed by atoms with E-state index < -0.39 is 0 Å². The Kier molecular flexibility index (Phi) is 9.02. The van der Waals surface area contributed by atoms with E-state index in [1.165, 1.54) is 0 Å². The van der Waals surface area contributed by atoms with Gasteiger partial charge in [0.15, 0.2) is 0 Å². The van der Waals surface area contributed by atoms with E-state index in [-0.39, 0.29) is 18.1 Å². The first-order valence-electron chi connectivity index (χ1n) is 7.10. The number of nitrogens with one attached hydrogen (secondary N) is 1. The Morgan fingerprint density at radius 2 is 1.94 bits per heavy atom. The van der Waals surface area contributed by atoms with Crippen molar-refractivity contribution >= 4 is 5.97 Å². The Balaban J connectivity index is 0.00000137.